The summed E-state index contributed by atoms with van der Waals surface area (Å²) in [5.74, 6) is -0.990. The van der Waals surface area contributed by atoms with Crippen LogP contribution in [0.2, 0.25) is 4.34 Å². The molecule has 0 amide bonds. The van der Waals surface area contributed by atoms with Crippen molar-refractivity contribution in [2.75, 3.05) is 0 Å². The summed E-state index contributed by atoms with van der Waals surface area (Å²) in [6.45, 7) is 3.46. The van der Waals surface area contributed by atoms with Crippen molar-refractivity contribution in [3.8, 4) is 11.1 Å². The van der Waals surface area contributed by atoms with E-state index in [2.05, 4.69) is 0 Å². The van der Waals surface area contributed by atoms with E-state index >= 15 is 0 Å². The van der Waals surface area contributed by atoms with Crippen molar-refractivity contribution in [3.63, 3.8) is 0 Å². The normalized spacial score (nSPS) is 14.1. The third-order valence-electron chi connectivity index (χ3n) is 3.37. The number of fused-ring (bicyclic) bond motifs is 3. The number of hydrogen-bond acceptors (Lipinski definition) is 4. The quantitative estimate of drug-likeness (QED) is 0.857. The molecule has 0 atom stereocenters. The fourth-order valence-corrected chi connectivity index (χ4v) is 3.75. The summed E-state index contributed by atoms with van der Waals surface area (Å²) in [6, 6.07) is 7.02. The van der Waals surface area contributed by atoms with Gasteiger partial charge in [-0.1, -0.05) is 29.8 Å². The number of aliphatic hydroxyl groups is 1. The molecule has 0 fully saturated rings. The third kappa shape index (κ3) is 2.55. The predicted octanol–water partition coefficient (Wildman–Crippen LogP) is 3.76. The molecule has 21 heavy (non-hydrogen) atoms. The van der Waals surface area contributed by atoms with Gasteiger partial charge in [0.2, 0.25) is 11.6 Å². The second kappa shape index (κ2) is 4.77. The number of Topliss-reactive ketones (excluding diaryl/α,β-unsaturated/α-hetero) is 2. The summed E-state index contributed by atoms with van der Waals surface area (Å²) in [5, 5.41) is 9.93. The van der Waals surface area contributed by atoms with Gasteiger partial charge in [0.05, 0.1) is 14.8 Å². The fourth-order valence-electron chi connectivity index (χ4n) is 2.58. The van der Waals surface area contributed by atoms with E-state index < -0.39 is 17.2 Å². The summed E-state index contributed by atoms with van der Waals surface area (Å²) in [6.07, 6.45) is 0.468. The highest BCUT2D eigenvalue weighted by atomic mass is 35.5. The van der Waals surface area contributed by atoms with Gasteiger partial charge in [-0.25, -0.2) is 0 Å². The Balaban J connectivity index is 2.17. The van der Waals surface area contributed by atoms with E-state index in [4.69, 9.17) is 11.6 Å². The molecule has 0 radical (unpaired) electrons. The standard InChI is InChI=1S/C16H13ClO3S/c1-16(2,20)7-8-3-4-9-10(5-8)11-6-12(17)21-15(11)14(19)13(9)18/h3-6,20H,7H2,1-2H3. The number of ketones is 2. The van der Waals surface area contributed by atoms with Gasteiger partial charge >= 0.3 is 0 Å². The lowest BCUT2D eigenvalue weighted by molar-refractivity contribution is 0.0808. The Hall–Kier alpha value is -1.49. The predicted molar refractivity (Wildman–Crippen MR) is 83.4 cm³/mol. The zero-order chi connectivity index (χ0) is 15.4. The van der Waals surface area contributed by atoms with Gasteiger partial charge in [0, 0.05) is 17.5 Å². The topological polar surface area (TPSA) is 54.4 Å². The first-order chi connectivity index (χ1) is 9.76. The summed E-state index contributed by atoms with van der Waals surface area (Å²) in [4.78, 5) is 24.6. The molecule has 1 N–H and O–H groups in total. The second-order valence-corrected chi connectivity index (χ2v) is 7.50. The van der Waals surface area contributed by atoms with Crippen LogP contribution in [0, 0.1) is 0 Å². The first kappa shape index (κ1) is 14.4. The molecule has 108 valence electrons. The van der Waals surface area contributed by atoms with Crippen LogP contribution in [0.1, 0.15) is 39.4 Å². The van der Waals surface area contributed by atoms with Crippen LogP contribution in [0.25, 0.3) is 11.1 Å². The maximum absolute atomic E-state index is 12.1. The van der Waals surface area contributed by atoms with E-state index in [0.717, 1.165) is 22.5 Å². The van der Waals surface area contributed by atoms with Crippen molar-refractivity contribution in [3.05, 3.63) is 44.6 Å². The maximum atomic E-state index is 12.1. The summed E-state index contributed by atoms with van der Waals surface area (Å²) in [5.41, 5.74) is 1.91. The molecule has 1 aromatic heterocycles. The first-order valence-electron chi connectivity index (χ1n) is 6.50. The Kier molecular flexibility index (Phi) is 3.28. The van der Waals surface area contributed by atoms with Gasteiger partial charge in [-0.3, -0.25) is 9.59 Å². The first-order valence-corrected chi connectivity index (χ1v) is 7.70. The Morgan fingerprint density at radius 3 is 2.48 bits per heavy atom. The van der Waals surface area contributed by atoms with E-state index in [0.29, 0.717) is 26.8 Å². The molecule has 5 heteroatoms. The van der Waals surface area contributed by atoms with Crippen molar-refractivity contribution in [1.29, 1.82) is 0 Å². The van der Waals surface area contributed by atoms with Gasteiger partial charge in [0.25, 0.3) is 0 Å². The molecular weight excluding hydrogens is 308 g/mol. The molecule has 0 aliphatic heterocycles. The van der Waals surface area contributed by atoms with Gasteiger partial charge < -0.3 is 5.11 Å². The second-order valence-electron chi connectivity index (χ2n) is 5.82. The molecule has 3 rings (SSSR count). The van der Waals surface area contributed by atoms with Crippen LogP contribution in [0.5, 0.6) is 0 Å². The lowest BCUT2D eigenvalue weighted by atomic mass is 9.86. The highest BCUT2D eigenvalue weighted by Gasteiger charge is 2.32. The average Bonchev–Trinajstić information content (AvgIpc) is 2.76. The van der Waals surface area contributed by atoms with E-state index in [1.807, 2.05) is 6.07 Å². The number of thiophene rings is 1. The maximum Gasteiger partial charge on any atom is 0.244 e. The molecule has 2 aromatic rings. The Bertz CT molecular complexity index is 768. The Morgan fingerprint density at radius 2 is 1.81 bits per heavy atom. The lowest BCUT2D eigenvalue weighted by Crippen LogP contribution is -2.23. The molecule has 1 aliphatic rings. The number of rotatable bonds is 2. The van der Waals surface area contributed by atoms with Crippen molar-refractivity contribution in [1.82, 2.24) is 0 Å². The Labute approximate surface area is 131 Å². The highest BCUT2D eigenvalue weighted by molar-refractivity contribution is 7.19. The van der Waals surface area contributed by atoms with Crippen LogP contribution in [-0.2, 0) is 6.42 Å². The SMILES string of the molecule is CC(C)(O)Cc1ccc2c(c1)-c1cc(Cl)sc1C(=O)C2=O. The molecule has 1 heterocycles. The van der Waals surface area contributed by atoms with Crippen molar-refractivity contribution in [2.45, 2.75) is 25.9 Å². The van der Waals surface area contributed by atoms with Gasteiger partial charge in [0.15, 0.2) is 0 Å². The minimum Gasteiger partial charge on any atom is -0.390 e. The molecule has 1 aromatic carbocycles. The average molecular weight is 321 g/mol. The monoisotopic (exact) mass is 320 g/mol. The minimum absolute atomic E-state index is 0.401. The molecule has 1 aliphatic carbocycles. The van der Waals surface area contributed by atoms with Gasteiger partial charge in [-0.15, -0.1) is 11.3 Å². The zero-order valence-corrected chi connectivity index (χ0v) is 13.1. The largest absolute Gasteiger partial charge is 0.390 e. The number of benzene rings is 1. The van der Waals surface area contributed by atoms with Crippen molar-refractivity contribution < 1.29 is 14.7 Å². The smallest absolute Gasteiger partial charge is 0.244 e. The number of carbonyl (C=O) groups excluding carboxylic acids is 2. The lowest BCUT2D eigenvalue weighted by Gasteiger charge is -2.20. The number of carbonyl (C=O) groups is 2. The fraction of sp³-hybridized carbons (Fsp3) is 0.250. The Morgan fingerprint density at radius 1 is 1.10 bits per heavy atom. The van der Waals surface area contributed by atoms with Crippen LogP contribution in [0.4, 0.5) is 0 Å². The van der Waals surface area contributed by atoms with Gasteiger partial charge in [-0.2, -0.15) is 0 Å². The van der Waals surface area contributed by atoms with Gasteiger partial charge in [-0.05, 0) is 31.0 Å². The molecule has 0 unspecified atom stereocenters. The summed E-state index contributed by atoms with van der Waals surface area (Å²) >= 11 is 7.12. The van der Waals surface area contributed by atoms with E-state index in [-0.39, 0.29) is 0 Å². The summed E-state index contributed by atoms with van der Waals surface area (Å²) < 4.78 is 0.488. The van der Waals surface area contributed by atoms with E-state index in [9.17, 15) is 14.7 Å². The molecule has 0 bridgehead atoms. The van der Waals surface area contributed by atoms with Crippen LogP contribution < -0.4 is 0 Å². The minimum atomic E-state index is -0.835. The van der Waals surface area contributed by atoms with Gasteiger partial charge in [0.1, 0.15) is 0 Å². The van der Waals surface area contributed by atoms with Crippen LogP contribution in [-0.4, -0.2) is 22.3 Å². The third-order valence-corrected chi connectivity index (χ3v) is 4.63. The highest BCUT2D eigenvalue weighted by Crippen LogP contribution is 2.41. The van der Waals surface area contributed by atoms with Crippen LogP contribution in [0.3, 0.4) is 0 Å². The van der Waals surface area contributed by atoms with Crippen molar-refractivity contribution >= 4 is 34.5 Å². The number of halogens is 1. The molecule has 0 spiro atoms. The van der Waals surface area contributed by atoms with E-state index in [1.54, 1.807) is 32.0 Å². The van der Waals surface area contributed by atoms with Crippen LogP contribution in [0.15, 0.2) is 24.3 Å². The van der Waals surface area contributed by atoms with Crippen molar-refractivity contribution in [2.24, 2.45) is 0 Å². The zero-order valence-electron chi connectivity index (χ0n) is 11.6. The molecule has 0 saturated carbocycles. The van der Waals surface area contributed by atoms with Crippen LogP contribution >= 0.6 is 22.9 Å². The molecule has 3 nitrogen and oxygen atoms in total. The summed E-state index contributed by atoms with van der Waals surface area (Å²) in [7, 11) is 0. The molecular formula is C16H13ClO3S. The van der Waals surface area contributed by atoms with E-state index in [1.165, 1.54) is 0 Å². The number of hydrogen-bond donors (Lipinski definition) is 1. The molecule has 0 saturated heterocycles.